The molecule has 0 aliphatic carbocycles. The lowest BCUT2D eigenvalue weighted by molar-refractivity contribution is 0.670. The topological polar surface area (TPSA) is 16.4 Å². The Morgan fingerprint density at radius 3 is 1.50 bits per heavy atom. The van der Waals surface area contributed by atoms with Gasteiger partial charge in [-0.25, -0.2) is 0 Å². The number of furan rings is 1. The monoisotopic (exact) mass is 815 g/mol. The second-order valence-electron chi connectivity index (χ2n) is 16.4. The fourth-order valence-corrected chi connectivity index (χ4v) is 9.52. The van der Waals surface area contributed by atoms with Crippen molar-refractivity contribution < 1.29 is 4.42 Å². The van der Waals surface area contributed by atoms with Crippen LogP contribution in [0.3, 0.4) is 0 Å². The Labute approximate surface area is 372 Å². The van der Waals surface area contributed by atoms with Crippen molar-refractivity contribution in [2.75, 3.05) is 4.90 Å². The zero-order valence-electron chi connectivity index (χ0n) is 35.0. The molecule has 64 heavy (non-hydrogen) atoms. The van der Waals surface area contributed by atoms with E-state index in [1.807, 2.05) is 0 Å². The van der Waals surface area contributed by atoms with Gasteiger partial charge in [-0.2, -0.15) is 0 Å². The number of hydrogen-bond donors (Lipinski definition) is 0. The van der Waals surface area contributed by atoms with Crippen molar-refractivity contribution in [3.05, 3.63) is 249 Å². The minimum Gasteiger partial charge on any atom is -0.455 e. The maximum Gasteiger partial charge on any atom is 0.145 e. The van der Waals surface area contributed by atoms with Gasteiger partial charge in [0, 0.05) is 22.3 Å². The summed E-state index contributed by atoms with van der Waals surface area (Å²) >= 11 is 0. The summed E-state index contributed by atoms with van der Waals surface area (Å²) in [4.78, 5) is 2.39. The first-order valence-corrected chi connectivity index (χ1v) is 21.9. The Kier molecular flexibility index (Phi) is 9.20. The van der Waals surface area contributed by atoms with E-state index in [9.17, 15) is 0 Å². The number of nitrogens with zero attached hydrogens (tertiary/aromatic N) is 1. The molecule has 1 aromatic heterocycles. The molecule has 0 spiro atoms. The number of para-hydroxylation sites is 1. The average molecular weight is 816 g/mol. The highest BCUT2D eigenvalue weighted by Gasteiger charge is 2.23. The molecule has 0 aliphatic heterocycles. The second-order valence-corrected chi connectivity index (χ2v) is 16.4. The van der Waals surface area contributed by atoms with Gasteiger partial charge < -0.3 is 9.32 Å². The highest BCUT2D eigenvalue weighted by molar-refractivity contribution is 6.18. The largest absolute Gasteiger partial charge is 0.455 e. The van der Waals surface area contributed by atoms with Crippen LogP contribution in [0.1, 0.15) is 0 Å². The predicted octanol–water partition coefficient (Wildman–Crippen LogP) is 17.7. The van der Waals surface area contributed by atoms with Crippen LogP contribution in [0.5, 0.6) is 0 Å². The molecule has 12 rings (SSSR count). The van der Waals surface area contributed by atoms with Crippen molar-refractivity contribution in [1.29, 1.82) is 0 Å². The maximum absolute atomic E-state index is 6.89. The van der Waals surface area contributed by atoms with Crippen molar-refractivity contribution in [2.24, 2.45) is 0 Å². The first-order chi connectivity index (χ1) is 31.7. The first-order valence-electron chi connectivity index (χ1n) is 21.9. The van der Waals surface area contributed by atoms with E-state index in [1.54, 1.807) is 0 Å². The molecule has 2 nitrogen and oxygen atoms in total. The smallest absolute Gasteiger partial charge is 0.145 e. The summed E-state index contributed by atoms with van der Waals surface area (Å²) < 4.78 is 6.89. The molecule has 0 N–H and O–H groups in total. The SMILES string of the molecule is c1ccc(-c2ccccc2-c2ccc(N(c3ccc(-c4ccc(-c5ccc6ccccc6c5)cc4)cc3)c3ccc(-c4cccc5ccccc45)c4oc5ccccc5c34)cc2)cc1. The van der Waals surface area contributed by atoms with Crippen LogP contribution in [0, 0.1) is 0 Å². The predicted molar refractivity (Wildman–Crippen MR) is 271 cm³/mol. The summed E-state index contributed by atoms with van der Waals surface area (Å²) in [6.07, 6.45) is 0. The van der Waals surface area contributed by atoms with Gasteiger partial charge in [0.2, 0.25) is 0 Å². The van der Waals surface area contributed by atoms with E-state index in [2.05, 4.69) is 254 Å². The van der Waals surface area contributed by atoms with E-state index in [1.165, 1.54) is 54.9 Å². The normalized spacial score (nSPS) is 11.4. The molecular formula is C62H41NO. The third-order valence-corrected chi connectivity index (χ3v) is 12.7. The lowest BCUT2D eigenvalue weighted by atomic mass is 9.94. The van der Waals surface area contributed by atoms with Gasteiger partial charge >= 0.3 is 0 Å². The minimum absolute atomic E-state index is 0.863. The number of hydrogen-bond acceptors (Lipinski definition) is 2. The van der Waals surface area contributed by atoms with Crippen molar-refractivity contribution in [3.8, 4) is 55.6 Å². The third kappa shape index (κ3) is 6.61. The summed E-state index contributed by atoms with van der Waals surface area (Å²) in [5, 5.41) is 7.06. The molecule has 0 amide bonds. The van der Waals surface area contributed by atoms with Gasteiger partial charge in [0.1, 0.15) is 11.2 Å². The van der Waals surface area contributed by atoms with Crippen molar-refractivity contribution >= 4 is 60.5 Å². The van der Waals surface area contributed by atoms with Crippen LogP contribution in [0.4, 0.5) is 17.1 Å². The van der Waals surface area contributed by atoms with Crippen LogP contribution in [0.2, 0.25) is 0 Å². The zero-order valence-corrected chi connectivity index (χ0v) is 35.0. The molecule has 0 radical (unpaired) electrons. The first kappa shape index (κ1) is 37.3. The number of fused-ring (bicyclic) bond motifs is 5. The van der Waals surface area contributed by atoms with Crippen LogP contribution in [0.15, 0.2) is 253 Å². The fourth-order valence-electron chi connectivity index (χ4n) is 9.52. The minimum atomic E-state index is 0.863. The molecule has 0 aliphatic rings. The highest BCUT2D eigenvalue weighted by atomic mass is 16.3. The Morgan fingerprint density at radius 2 is 0.781 bits per heavy atom. The Morgan fingerprint density at radius 1 is 0.281 bits per heavy atom. The summed E-state index contributed by atoms with van der Waals surface area (Å²) in [6.45, 7) is 0. The molecule has 300 valence electrons. The van der Waals surface area contributed by atoms with Gasteiger partial charge in [0.05, 0.1) is 11.1 Å². The third-order valence-electron chi connectivity index (χ3n) is 12.7. The van der Waals surface area contributed by atoms with Crippen LogP contribution in [-0.2, 0) is 0 Å². The fraction of sp³-hybridized carbons (Fsp3) is 0. The average Bonchev–Trinajstić information content (AvgIpc) is 3.77. The molecule has 0 saturated carbocycles. The van der Waals surface area contributed by atoms with Gasteiger partial charge in [-0.15, -0.1) is 0 Å². The number of rotatable bonds is 8. The quantitative estimate of drug-likeness (QED) is 0.152. The molecule has 0 saturated heterocycles. The molecule has 0 unspecified atom stereocenters. The lowest BCUT2D eigenvalue weighted by Crippen LogP contribution is -2.10. The van der Waals surface area contributed by atoms with Crippen LogP contribution < -0.4 is 4.90 Å². The van der Waals surface area contributed by atoms with Gasteiger partial charge in [-0.05, 0) is 120 Å². The highest BCUT2D eigenvalue weighted by Crippen LogP contribution is 2.47. The number of benzene rings is 11. The molecule has 0 bridgehead atoms. The van der Waals surface area contributed by atoms with Gasteiger partial charge in [-0.1, -0.05) is 200 Å². The molecule has 12 aromatic rings. The summed E-state index contributed by atoms with van der Waals surface area (Å²) in [7, 11) is 0. The summed E-state index contributed by atoms with van der Waals surface area (Å²) in [6, 6.07) is 89.5. The summed E-state index contributed by atoms with van der Waals surface area (Å²) in [5.41, 5.74) is 16.6. The van der Waals surface area contributed by atoms with Gasteiger partial charge in [-0.3, -0.25) is 0 Å². The number of anilines is 3. The van der Waals surface area contributed by atoms with Crippen molar-refractivity contribution in [2.45, 2.75) is 0 Å². The standard InChI is InChI=1S/C62H41NO/c1-2-14-46(15-3-1)53-19-8-9-20-54(53)48-33-37-52(38-34-48)63(51-35-31-44(32-36-51)43-25-27-45(28-26-43)50-30-29-42-13-4-5-17-49(42)41-50)59-40-39-57(56-23-12-18-47-16-6-7-21-55(47)56)62-61(59)58-22-10-11-24-60(58)64-62/h1-41H. The van der Waals surface area contributed by atoms with E-state index in [4.69, 9.17) is 4.42 Å². The van der Waals surface area contributed by atoms with Crippen molar-refractivity contribution in [1.82, 2.24) is 0 Å². The molecule has 11 aromatic carbocycles. The molecular weight excluding hydrogens is 775 g/mol. The molecule has 2 heteroatoms. The molecule has 0 fully saturated rings. The Hall–Kier alpha value is -8.46. The van der Waals surface area contributed by atoms with E-state index in [0.717, 1.165) is 61.3 Å². The van der Waals surface area contributed by atoms with E-state index >= 15 is 0 Å². The Bertz CT molecular complexity index is 3630. The van der Waals surface area contributed by atoms with Crippen LogP contribution >= 0.6 is 0 Å². The van der Waals surface area contributed by atoms with E-state index < -0.39 is 0 Å². The zero-order chi connectivity index (χ0) is 42.4. The van der Waals surface area contributed by atoms with Gasteiger partial charge in [0.25, 0.3) is 0 Å². The lowest BCUT2D eigenvalue weighted by Gasteiger charge is -2.27. The van der Waals surface area contributed by atoms with Crippen LogP contribution in [-0.4, -0.2) is 0 Å². The Balaban J connectivity index is 0.990. The van der Waals surface area contributed by atoms with E-state index in [-0.39, 0.29) is 0 Å². The maximum atomic E-state index is 6.89. The van der Waals surface area contributed by atoms with E-state index in [0.29, 0.717) is 0 Å². The summed E-state index contributed by atoms with van der Waals surface area (Å²) in [5.74, 6) is 0. The molecule has 0 atom stereocenters. The van der Waals surface area contributed by atoms with Crippen molar-refractivity contribution in [3.63, 3.8) is 0 Å². The second kappa shape index (κ2) is 15.8. The van der Waals surface area contributed by atoms with Gasteiger partial charge in [0.15, 0.2) is 0 Å². The van der Waals surface area contributed by atoms with Crippen LogP contribution in [0.25, 0.3) is 99.1 Å². The molecule has 1 heterocycles.